The van der Waals surface area contributed by atoms with Gasteiger partial charge in [0.1, 0.15) is 21.6 Å². The maximum absolute atomic E-state index is 13.3. The van der Waals surface area contributed by atoms with E-state index in [9.17, 15) is 16.8 Å². The Morgan fingerprint density at radius 2 is 1.68 bits per heavy atom. The fourth-order valence-corrected chi connectivity index (χ4v) is 7.11. The number of sulfone groups is 1. The molecule has 0 aliphatic carbocycles. The van der Waals surface area contributed by atoms with Crippen LogP contribution in [0.2, 0.25) is 0 Å². The molecule has 0 aliphatic heterocycles. The van der Waals surface area contributed by atoms with Crippen LogP contribution in [0.25, 0.3) is 0 Å². The lowest BCUT2D eigenvalue weighted by atomic mass is 10.2. The van der Waals surface area contributed by atoms with E-state index in [4.69, 9.17) is 9.47 Å². The van der Waals surface area contributed by atoms with Crippen LogP contribution in [0, 0.1) is 6.92 Å². The van der Waals surface area contributed by atoms with Crippen molar-refractivity contribution in [2.75, 3.05) is 20.8 Å². The van der Waals surface area contributed by atoms with Crippen molar-refractivity contribution >= 4 is 31.2 Å². The highest BCUT2D eigenvalue weighted by molar-refractivity contribution is 7.92. The van der Waals surface area contributed by atoms with Crippen molar-refractivity contribution in [1.82, 2.24) is 4.72 Å². The molecule has 2 aromatic carbocycles. The molecule has 0 amide bonds. The molecular formula is C21H23NO6S3. The Morgan fingerprint density at radius 3 is 2.26 bits per heavy atom. The van der Waals surface area contributed by atoms with Gasteiger partial charge in [0.15, 0.2) is 9.84 Å². The normalized spacial score (nSPS) is 13.0. The molecule has 0 spiro atoms. The van der Waals surface area contributed by atoms with Crippen LogP contribution in [0.3, 0.4) is 0 Å². The molecule has 0 saturated heterocycles. The average Bonchev–Trinajstić information content (AvgIpc) is 3.27. The van der Waals surface area contributed by atoms with E-state index in [2.05, 4.69) is 4.72 Å². The molecule has 31 heavy (non-hydrogen) atoms. The topological polar surface area (TPSA) is 98.8 Å². The van der Waals surface area contributed by atoms with Gasteiger partial charge < -0.3 is 9.47 Å². The van der Waals surface area contributed by atoms with Gasteiger partial charge >= 0.3 is 0 Å². The molecule has 1 heterocycles. The van der Waals surface area contributed by atoms with Crippen molar-refractivity contribution in [1.29, 1.82) is 0 Å². The zero-order chi connectivity index (χ0) is 22.6. The SMILES string of the molecule is COc1ccc(OC)c(S(=O)(=O)NC[C@H](c2cccs2)S(=O)(=O)c2ccc(C)cc2)c1. The second kappa shape index (κ2) is 9.39. The van der Waals surface area contributed by atoms with E-state index in [0.717, 1.165) is 5.56 Å². The summed E-state index contributed by atoms with van der Waals surface area (Å²) in [7, 11) is -5.15. The highest BCUT2D eigenvalue weighted by atomic mass is 32.2. The van der Waals surface area contributed by atoms with Gasteiger partial charge in [-0.1, -0.05) is 23.8 Å². The summed E-state index contributed by atoms with van der Waals surface area (Å²) in [6, 6.07) is 14.3. The van der Waals surface area contributed by atoms with Crippen molar-refractivity contribution in [2.24, 2.45) is 0 Å². The molecule has 0 bridgehead atoms. The summed E-state index contributed by atoms with van der Waals surface area (Å²) in [5.41, 5.74) is 0.928. The Morgan fingerprint density at radius 1 is 0.968 bits per heavy atom. The first-order valence-electron chi connectivity index (χ1n) is 9.24. The highest BCUT2D eigenvalue weighted by Crippen LogP contribution is 2.33. The number of ether oxygens (including phenoxy) is 2. The predicted molar refractivity (Wildman–Crippen MR) is 120 cm³/mol. The van der Waals surface area contributed by atoms with E-state index in [1.54, 1.807) is 35.7 Å². The van der Waals surface area contributed by atoms with Crippen molar-refractivity contribution < 1.29 is 26.3 Å². The maximum Gasteiger partial charge on any atom is 0.244 e. The Bertz CT molecular complexity index is 1230. The molecule has 0 radical (unpaired) electrons. The molecule has 166 valence electrons. The summed E-state index contributed by atoms with van der Waals surface area (Å²) in [6.45, 7) is 1.53. The number of hydrogen-bond donors (Lipinski definition) is 1. The molecule has 1 aromatic heterocycles. The number of sulfonamides is 1. The van der Waals surface area contributed by atoms with E-state index in [0.29, 0.717) is 10.6 Å². The number of hydrogen-bond acceptors (Lipinski definition) is 7. The number of nitrogens with one attached hydrogen (secondary N) is 1. The number of thiophene rings is 1. The van der Waals surface area contributed by atoms with E-state index in [-0.39, 0.29) is 22.1 Å². The fraction of sp³-hybridized carbons (Fsp3) is 0.238. The zero-order valence-electron chi connectivity index (χ0n) is 17.2. The van der Waals surface area contributed by atoms with Gasteiger partial charge in [0.2, 0.25) is 10.0 Å². The average molecular weight is 482 g/mol. The maximum atomic E-state index is 13.3. The summed E-state index contributed by atoms with van der Waals surface area (Å²) < 4.78 is 65.5. The van der Waals surface area contributed by atoms with E-state index in [1.165, 1.54) is 49.8 Å². The van der Waals surface area contributed by atoms with Crippen LogP contribution in [0.5, 0.6) is 11.5 Å². The Balaban J connectivity index is 1.96. The molecule has 0 unspecified atom stereocenters. The summed E-state index contributed by atoms with van der Waals surface area (Å²) in [5.74, 6) is 0.464. The molecule has 0 fully saturated rings. The third-order valence-corrected chi connectivity index (χ3v) is 9.38. The summed E-state index contributed by atoms with van der Waals surface area (Å²) in [5, 5.41) is 0.675. The van der Waals surface area contributed by atoms with Gasteiger partial charge in [-0.05, 0) is 42.6 Å². The number of benzene rings is 2. The monoisotopic (exact) mass is 481 g/mol. The Labute approximate surface area is 186 Å². The lowest BCUT2D eigenvalue weighted by Gasteiger charge is -2.18. The van der Waals surface area contributed by atoms with Gasteiger partial charge in [0.25, 0.3) is 0 Å². The Kier molecular flexibility index (Phi) is 7.05. The summed E-state index contributed by atoms with van der Waals surface area (Å²) >= 11 is 1.26. The van der Waals surface area contributed by atoms with Crippen molar-refractivity contribution in [3.05, 3.63) is 70.4 Å². The van der Waals surface area contributed by atoms with Gasteiger partial charge in [-0.25, -0.2) is 21.6 Å². The van der Waals surface area contributed by atoms with Gasteiger partial charge in [0, 0.05) is 17.5 Å². The first kappa shape index (κ1) is 23.3. The fourth-order valence-electron chi connectivity index (χ4n) is 2.99. The molecule has 0 saturated carbocycles. The molecule has 3 aromatic rings. The molecule has 10 heteroatoms. The first-order valence-corrected chi connectivity index (χ1v) is 13.2. The van der Waals surface area contributed by atoms with Crippen molar-refractivity contribution in [3.8, 4) is 11.5 Å². The minimum atomic E-state index is -4.09. The van der Waals surface area contributed by atoms with Crippen LogP contribution in [-0.4, -0.2) is 37.6 Å². The minimum absolute atomic E-state index is 0.127. The summed E-state index contributed by atoms with van der Waals surface area (Å²) in [4.78, 5) is 0.544. The Hall–Kier alpha value is -2.40. The standard InChI is InChI=1S/C21H23NO6S3/c1-15-6-9-17(10-7-15)30(23,24)21(19-5-4-12-29-19)14-22-31(25,26)20-13-16(27-2)8-11-18(20)28-3/h4-13,21-22H,14H2,1-3H3/t21-/m1/s1. The van der Waals surface area contributed by atoms with Crippen LogP contribution >= 0.6 is 11.3 Å². The second-order valence-corrected chi connectivity index (χ2v) is 11.6. The van der Waals surface area contributed by atoms with Crippen LogP contribution in [0.15, 0.2) is 69.8 Å². The smallest absolute Gasteiger partial charge is 0.244 e. The lowest BCUT2D eigenvalue weighted by Crippen LogP contribution is -2.32. The molecule has 1 atom stereocenters. The number of aryl methyl sites for hydroxylation is 1. The zero-order valence-corrected chi connectivity index (χ0v) is 19.7. The second-order valence-electron chi connectivity index (χ2n) is 6.73. The molecular weight excluding hydrogens is 458 g/mol. The molecule has 0 aliphatic rings. The molecule has 3 rings (SSSR count). The minimum Gasteiger partial charge on any atom is -0.497 e. The highest BCUT2D eigenvalue weighted by Gasteiger charge is 2.32. The van der Waals surface area contributed by atoms with Crippen LogP contribution < -0.4 is 14.2 Å². The van der Waals surface area contributed by atoms with E-state index >= 15 is 0 Å². The van der Waals surface area contributed by atoms with E-state index < -0.39 is 25.1 Å². The van der Waals surface area contributed by atoms with Gasteiger partial charge in [-0.2, -0.15) is 0 Å². The van der Waals surface area contributed by atoms with E-state index in [1.807, 2.05) is 6.92 Å². The summed E-state index contributed by atoms with van der Waals surface area (Å²) in [6.07, 6.45) is 0. The molecule has 7 nitrogen and oxygen atoms in total. The number of methoxy groups -OCH3 is 2. The van der Waals surface area contributed by atoms with Crippen LogP contribution in [-0.2, 0) is 19.9 Å². The predicted octanol–water partition coefficient (Wildman–Crippen LogP) is 3.57. The number of rotatable bonds is 9. The first-order chi connectivity index (χ1) is 14.7. The van der Waals surface area contributed by atoms with Crippen LogP contribution in [0.4, 0.5) is 0 Å². The van der Waals surface area contributed by atoms with Crippen molar-refractivity contribution in [2.45, 2.75) is 22.0 Å². The lowest BCUT2D eigenvalue weighted by molar-refractivity contribution is 0.392. The van der Waals surface area contributed by atoms with Gasteiger partial charge in [0.05, 0.1) is 19.1 Å². The molecule has 1 N–H and O–H groups in total. The third-order valence-electron chi connectivity index (χ3n) is 4.70. The quantitative estimate of drug-likeness (QED) is 0.502. The van der Waals surface area contributed by atoms with Crippen LogP contribution in [0.1, 0.15) is 15.7 Å². The largest absolute Gasteiger partial charge is 0.497 e. The van der Waals surface area contributed by atoms with Gasteiger partial charge in [-0.3, -0.25) is 0 Å². The van der Waals surface area contributed by atoms with Crippen molar-refractivity contribution in [3.63, 3.8) is 0 Å². The third kappa shape index (κ3) is 5.09. The van der Waals surface area contributed by atoms with Gasteiger partial charge in [-0.15, -0.1) is 11.3 Å².